The Labute approximate surface area is 129 Å². The highest BCUT2D eigenvalue weighted by Crippen LogP contribution is 2.14. The third-order valence-electron chi connectivity index (χ3n) is 2.76. The molecule has 2 aromatic rings. The van der Waals surface area contributed by atoms with Crippen molar-refractivity contribution in [1.29, 1.82) is 0 Å². The van der Waals surface area contributed by atoms with E-state index in [1.54, 1.807) is 63.2 Å². The van der Waals surface area contributed by atoms with Crippen LogP contribution in [0.1, 0.15) is 47.1 Å². The Balaban J connectivity index is 2.16. The number of carbonyl (C=O) groups is 2. The van der Waals surface area contributed by atoms with Crippen molar-refractivity contribution in [3.8, 4) is 0 Å². The summed E-state index contributed by atoms with van der Waals surface area (Å²) in [5.41, 5.74) is 0.675. The zero-order valence-electron chi connectivity index (χ0n) is 12.8. The molecule has 0 N–H and O–H groups in total. The van der Waals surface area contributed by atoms with E-state index in [4.69, 9.17) is 9.78 Å². The van der Waals surface area contributed by atoms with Crippen LogP contribution in [0.3, 0.4) is 0 Å². The van der Waals surface area contributed by atoms with Crippen molar-refractivity contribution in [2.75, 3.05) is 0 Å². The quantitative estimate of drug-likeness (QED) is 0.489. The van der Waals surface area contributed by atoms with Crippen LogP contribution >= 0.6 is 0 Å². The minimum Gasteiger partial charge on any atom is -0.292 e. The van der Waals surface area contributed by atoms with Crippen molar-refractivity contribution >= 4 is 11.8 Å². The lowest BCUT2D eigenvalue weighted by Gasteiger charge is -2.16. The number of benzene rings is 2. The van der Waals surface area contributed by atoms with E-state index < -0.39 is 11.6 Å². The maximum absolute atomic E-state index is 12.4. The van der Waals surface area contributed by atoms with Gasteiger partial charge < -0.3 is 0 Å². The van der Waals surface area contributed by atoms with E-state index >= 15 is 0 Å². The lowest BCUT2D eigenvalue weighted by Crippen LogP contribution is -2.22. The Morgan fingerprint density at radius 2 is 1.41 bits per heavy atom. The molecule has 0 saturated heterocycles. The SMILES string of the molecule is CC(C)(C)OOC(=O)c1cccc(C(=O)c2ccccc2)c1. The van der Waals surface area contributed by atoms with Gasteiger partial charge in [0.2, 0.25) is 0 Å². The van der Waals surface area contributed by atoms with Crippen LogP contribution in [0.2, 0.25) is 0 Å². The highest BCUT2D eigenvalue weighted by atomic mass is 17.2. The number of carbonyl (C=O) groups excluding carboxylic acids is 2. The third-order valence-corrected chi connectivity index (χ3v) is 2.76. The first kappa shape index (κ1) is 15.9. The van der Waals surface area contributed by atoms with Gasteiger partial charge in [-0.3, -0.25) is 9.68 Å². The summed E-state index contributed by atoms with van der Waals surface area (Å²) in [6.45, 7) is 5.32. The Morgan fingerprint density at radius 3 is 2.05 bits per heavy atom. The highest BCUT2D eigenvalue weighted by Gasteiger charge is 2.18. The summed E-state index contributed by atoms with van der Waals surface area (Å²) < 4.78 is 0. The van der Waals surface area contributed by atoms with Gasteiger partial charge in [0.15, 0.2) is 5.78 Å². The normalized spacial score (nSPS) is 11.0. The number of rotatable bonds is 4. The maximum atomic E-state index is 12.4. The lowest BCUT2D eigenvalue weighted by atomic mass is 10.0. The van der Waals surface area contributed by atoms with E-state index in [0.29, 0.717) is 11.1 Å². The molecule has 4 nitrogen and oxygen atoms in total. The van der Waals surface area contributed by atoms with Gasteiger partial charge in [0, 0.05) is 11.1 Å². The fourth-order valence-corrected chi connectivity index (χ4v) is 1.75. The van der Waals surface area contributed by atoms with Gasteiger partial charge in [-0.05, 0) is 32.9 Å². The zero-order chi connectivity index (χ0) is 16.2. The van der Waals surface area contributed by atoms with E-state index in [9.17, 15) is 9.59 Å². The van der Waals surface area contributed by atoms with Crippen LogP contribution < -0.4 is 0 Å². The number of ketones is 1. The largest absolute Gasteiger partial charge is 0.373 e. The molecule has 0 aliphatic rings. The Hall–Kier alpha value is -2.46. The fraction of sp³-hybridized carbons (Fsp3) is 0.222. The van der Waals surface area contributed by atoms with Gasteiger partial charge in [0.1, 0.15) is 5.60 Å². The molecule has 0 aliphatic carbocycles. The molecule has 22 heavy (non-hydrogen) atoms. The lowest BCUT2D eigenvalue weighted by molar-refractivity contribution is -0.301. The zero-order valence-corrected chi connectivity index (χ0v) is 12.8. The second kappa shape index (κ2) is 6.54. The minimum atomic E-state index is -0.627. The monoisotopic (exact) mass is 298 g/mol. The van der Waals surface area contributed by atoms with Crippen LogP contribution in [-0.4, -0.2) is 17.4 Å². The van der Waals surface area contributed by atoms with Gasteiger partial charge in [-0.1, -0.05) is 42.5 Å². The van der Waals surface area contributed by atoms with E-state index in [1.165, 1.54) is 6.07 Å². The predicted octanol–water partition coefficient (Wildman–Crippen LogP) is 3.80. The molecule has 0 amide bonds. The van der Waals surface area contributed by atoms with E-state index in [-0.39, 0.29) is 11.3 Å². The van der Waals surface area contributed by atoms with Crippen molar-refractivity contribution in [1.82, 2.24) is 0 Å². The van der Waals surface area contributed by atoms with E-state index in [2.05, 4.69) is 0 Å². The fourth-order valence-electron chi connectivity index (χ4n) is 1.75. The molecule has 0 heterocycles. The molecule has 0 unspecified atom stereocenters. The molecule has 4 heteroatoms. The minimum absolute atomic E-state index is 0.146. The highest BCUT2D eigenvalue weighted by molar-refractivity contribution is 6.09. The molecule has 0 atom stereocenters. The van der Waals surface area contributed by atoms with Gasteiger partial charge in [-0.25, -0.2) is 4.79 Å². The summed E-state index contributed by atoms with van der Waals surface area (Å²) in [5, 5.41) is 0. The first-order chi connectivity index (χ1) is 10.4. The van der Waals surface area contributed by atoms with Crippen molar-refractivity contribution in [3.05, 3.63) is 71.3 Å². The van der Waals surface area contributed by atoms with Crippen molar-refractivity contribution in [2.45, 2.75) is 26.4 Å². The standard InChI is InChI=1S/C18H18O4/c1-18(2,3)22-21-17(20)15-11-7-10-14(12-15)16(19)13-8-5-4-6-9-13/h4-12H,1-3H3. The van der Waals surface area contributed by atoms with Crippen LogP contribution in [0, 0.1) is 0 Å². The molecule has 2 rings (SSSR count). The average molecular weight is 298 g/mol. The van der Waals surface area contributed by atoms with Crippen LogP contribution in [0.15, 0.2) is 54.6 Å². The summed E-state index contributed by atoms with van der Waals surface area (Å²) in [7, 11) is 0. The van der Waals surface area contributed by atoms with E-state index in [0.717, 1.165) is 0 Å². The van der Waals surface area contributed by atoms with Crippen molar-refractivity contribution < 1.29 is 19.4 Å². The second-order valence-electron chi connectivity index (χ2n) is 5.84. The van der Waals surface area contributed by atoms with E-state index in [1.807, 2.05) is 6.07 Å². The molecule has 0 bridgehead atoms. The smallest absolute Gasteiger partial charge is 0.292 e. The summed E-state index contributed by atoms with van der Waals surface area (Å²) >= 11 is 0. The average Bonchev–Trinajstić information content (AvgIpc) is 2.52. The van der Waals surface area contributed by atoms with Gasteiger partial charge in [-0.15, -0.1) is 0 Å². The van der Waals surface area contributed by atoms with Crippen LogP contribution in [-0.2, 0) is 9.78 Å². The van der Waals surface area contributed by atoms with Crippen molar-refractivity contribution in [3.63, 3.8) is 0 Å². The molecule has 0 aromatic heterocycles. The molecule has 0 fully saturated rings. The number of hydrogen-bond donors (Lipinski definition) is 0. The van der Waals surface area contributed by atoms with Gasteiger partial charge >= 0.3 is 5.97 Å². The third kappa shape index (κ3) is 4.27. The Bertz CT molecular complexity index is 669. The van der Waals surface area contributed by atoms with Gasteiger partial charge in [-0.2, -0.15) is 4.89 Å². The molecule has 114 valence electrons. The predicted molar refractivity (Wildman–Crippen MR) is 82.6 cm³/mol. The summed E-state index contributed by atoms with van der Waals surface area (Å²) in [6, 6.07) is 15.3. The van der Waals surface area contributed by atoms with Crippen LogP contribution in [0.4, 0.5) is 0 Å². The molecule has 0 radical (unpaired) electrons. The summed E-state index contributed by atoms with van der Waals surface area (Å²) in [6.07, 6.45) is 0. The molecular formula is C18H18O4. The second-order valence-corrected chi connectivity index (χ2v) is 5.84. The first-order valence-electron chi connectivity index (χ1n) is 6.97. The van der Waals surface area contributed by atoms with Crippen molar-refractivity contribution in [2.24, 2.45) is 0 Å². The Kier molecular flexibility index (Phi) is 4.73. The topological polar surface area (TPSA) is 52.6 Å². The Morgan fingerprint density at radius 1 is 0.818 bits per heavy atom. The molecular weight excluding hydrogens is 280 g/mol. The summed E-state index contributed by atoms with van der Waals surface area (Å²) in [5.74, 6) is -0.773. The molecule has 2 aromatic carbocycles. The van der Waals surface area contributed by atoms with Crippen LogP contribution in [0.25, 0.3) is 0 Å². The van der Waals surface area contributed by atoms with Gasteiger partial charge in [0.25, 0.3) is 0 Å². The number of hydrogen-bond acceptors (Lipinski definition) is 4. The van der Waals surface area contributed by atoms with Crippen LogP contribution in [0.5, 0.6) is 0 Å². The van der Waals surface area contributed by atoms with Gasteiger partial charge in [0.05, 0.1) is 5.56 Å². The summed E-state index contributed by atoms with van der Waals surface area (Å²) in [4.78, 5) is 34.1. The molecule has 0 saturated carbocycles. The first-order valence-corrected chi connectivity index (χ1v) is 6.97. The molecule has 0 aliphatic heterocycles. The maximum Gasteiger partial charge on any atom is 0.373 e. The molecule has 0 spiro atoms.